The second kappa shape index (κ2) is 10.2. The molecule has 0 spiro atoms. The van der Waals surface area contributed by atoms with Gasteiger partial charge in [0.05, 0.1) is 12.1 Å². The predicted molar refractivity (Wildman–Crippen MR) is 107 cm³/mol. The molecule has 0 aliphatic heterocycles. The van der Waals surface area contributed by atoms with E-state index in [1.54, 1.807) is 44.4 Å². The normalized spacial score (nSPS) is 11.4. The molecule has 2 rings (SSSR count). The quantitative estimate of drug-likeness (QED) is 0.625. The van der Waals surface area contributed by atoms with Crippen LogP contribution in [0.25, 0.3) is 0 Å². The Hall–Kier alpha value is -2.25. The smallest absolute Gasteiger partial charge is 0.279 e. The minimum atomic E-state index is -0.764. The number of methoxy groups -OCH3 is 1. The molecule has 1 atom stereocenters. The van der Waals surface area contributed by atoms with Gasteiger partial charge in [0, 0.05) is 10.9 Å². The summed E-state index contributed by atoms with van der Waals surface area (Å²) in [5.41, 5.74) is 5.64. The number of halogens is 2. The lowest BCUT2D eigenvalue weighted by Crippen LogP contribution is -2.47. The fraction of sp³-hybridized carbons (Fsp3) is 0.263. The van der Waals surface area contributed by atoms with Gasteiger partial charge in [0.1, 0.15) is 11.5 Å². The van der Waals surface area contributed by atoms with Crippen molar-refractivity contribution in [3.63, 3.8) is 0 Å². The first kappa shape index (κ1) is 21.1. The highest BCUT2D eigenvalue weighted by Crippen LogP contribution is 2.25. The molecule has 0 aliphatic carbocycles. The number of hydrazine groups is 1. The van der Waals surface area contributed by atoms with Gasteiger partial charge in [-0.15, -0.1) is 0 Å². The molecule has 0 saturated carbocycles. The minimum Gasteiger partial charge on any atom is -0.495 e. The number of ether oxygens (including phenoxy) is 2. The highest BCUT2D eigenvalue weighted by molar-refractivity contribution is 9.10. The first-order valence-corrected chi connectivity index (χ1v) is 9.39. The molecule has 0 fully saturated rings. The van der Waals surface area contributed by atoms with Gasteiger partial charge < -0.3 is 9.47 Å². The van der Waals surface area contributed by atoms with Crippen molar-refractivity contribution in [1.82, 2.24) is 10.9 Å². The van der Waals surface area contributed by atoms with Crippen molar-refractivity contribution < 1.29 is 19.1 Å². The molecule has 8 heteroatoms. The first-order valence-electron chi connectivity index (χ1n) is 8.22. The summed E-state index contributed by atoms with van der Waals surface area (Å²) < 4.78 is 11.5. The third-order valence-electron chi connectivity index (χ3n) is 3.66. The van der Waals surface area contributed by atoms with Gasteiger partial charge in [0.2, 0.25) is 5.91 Å². The average Bonchev–Trinajstić information content (AvgIpc) is 2.64. The van der Waals surface area contributed by atoms with Crippen LogP contribution in [0, 0.1) is 0 Å². The van der Waals surface area contributed by atoms with Crippen LogP contribution in [0.5, 0.6) is 11.5 Å². The van der Waals surface area contributed by atoms with E-state index in [1.165, 1.54) is 0 Å². The number of carbonyl (C=O) groups is 2. The van der Waals surface area contributed by atoms with E-state index in [2.05, 4.69) is 26.8 Å². The van der Waals surface area contributed by atoms with Gasteiger partial charge in [0.25, 0.3) is 5.91 Å². The number of rotatable bonds is 7. The first-order chi connectivity index (χ1) is 12.9. The second-order valence-corrected chi connectivity index (χ2v) is 7.05. The molecule has 0 bridgehead atoms. The Balaban J connectivity index is 1.75. The molecule has 0 aliphatic rings. The van der Waals surface area contributed by atoms with Crippen LogP contribution in [-0.4, -0.2) is 25.0 Å². The summed E-state index contributed by atoms with van der Waals surface area (Å²) in [7, 11) is 1.54. The van der Waals surface area contributed by atoms with Crippen LogP contribution in [0.3, 0.4) is 0 Å². The summed E-state index contributed by atoms with van der Waals surface area (Å²) in [5, 5.41) is 0.488. The Morgan fingerprint density at radius 2 is 1.96 bits per heavy atom. The Bertz CT molecular complexity index is 816. The van der Waals surface area contributed by atoms with Crippen LogP contribution in [0.15, 0.2) is 46.9 Å². The summed E-state index contributed by atoms with van der Waals surface area (Å²) in [6, 6.07) is 12.5. The van der Waals surface area contributed by atoms with Gasteiger partial charge in [-0.25, -0.2) is 0 Å². The maximum absolute atomic E-state index is 12.0. The van der Waals surface area contributed by atoms with E-state index in [4.69, 9.17) is 21.1 Å². The van der Waals surface area contributed by atoms with Crippen molar-refractivity contribution in [2.75, 3.05) is 7.11 Å². The molecule has 2 amide bonds. The highest BCUT2D eigenvalue weighted by Gasteiger charge is 2.15. The van der Waals surface area contributed by atoms with Gasteiger partial charge in [-0.05, 0) is 49.2 Å². The number of nitrogens with one attached hydrogen (secondary N) is 2. The van der Waals surface area contributed by atoms with Gasteiger partial charge in [-0.2, -0.15) is 0 Å². The number of benzene rings is 2. The predicted octanol–water partition coefficient (Wildman–Crippen LogP) is 3.66. The molecule has 2 aromatic rings. The topological polar surface area (TPSA) is 76.7 Å². The van der Waals surface area contributed by atoms with Crippen molar-refractivity contribution in [1.29, 1.82) is 0 Å². The van der Waals surface area contributed by atoms with Crippen LogP contribution < -0.4 is 20.3 Å². The van der Waals surface area contributed by atoms with Crippen molar-refractivity contribution >= 4 is 39.3 Å². The van der Waals surface area contributed by atoms with E-state index in [1.807, 2.05) is 12.1 Å². The molecule has 6 nitrogen and oxygen atoms in total. The lowest BCUT2D eigenvalue weighted by atomic mass is 10.1. The number of aryl methyl sites for hydroxylation is 1. The van der Waals surface area contributed by atoms with E-state index in [0.717, 1.165) is 10.0 Å². The lowest BCUT2D eigenvalue weighted by molar-refractivity contribution is -0.132. The Morgan fingerprint density at radius 3 is 2.63 bits per heavy atom. The standard InChI is InChI=1S/C19H20BrClN2O4/c1-12(27-15-5-3-4-14(20)11-15)19(25)23-22-18(24)9-7-13-6-8-17(26-2)16(21)10-13/h3-6,8,10-12H,7,9H2,1-2H3,(H,22,24)(H,23,25). The summed E-state index contributed by atoms with van der Waals surface area (Å²) in [4.78, 5) is 24.0. The van der Waals surface area contributed by atoms with Crippen LogP contribution in [0.2, 0.25) is 5.02 Å². The summed E-state index contributed by atoms with van der Waals surface area (Å²) in [6.07, 6.45) is -0.0840. The van der Waals surface area contributed by atoms with Gasteiger partial charge in [-0.3, -0.25) is 20.4 Å². The van der Waals surface area contributed by atoms with Crippen molar-refractivity contribution in [2.24, 2.45) is 0 Å². The molecular formula is C19H20BrClN2O4. The number of amides is 2. The van der Waals surface area contributed by atoms with E-state index in [9.17, 15) is 9.59 Å². The second-order valence-electron chi connectivity index (χ2n) is 5.72. The summed E-state index contributed by atoms with van der Waals surface area (Å²) >= 11 is 9.39. The molecule has 27 heavy (non-hydrogen) atoms. The van der Waals surface area contributed by atoms with Crippen LogP contribution in [0.1, 0.15) is 18.9 Å². The van der Waals surface area contributed by atoms with Crippen molar-refractivity contribution in [2.45, 2.75) is 25.9 Å². The van der Waals surface area contributed by atoms with Crippen molar-refractivity contribution in [3.8, 4) is 11.5 Å². The van der Waals surface area contributed by atoms with Gasteiger partial charge >= 0.3 is 0 Å². The molecule has 0 heterocycles. The van der Waals surface area contributed by atoms with Gasteiger partial charge in [-0.1, -0.05) is 39.7 Å². The molecule has 144 valence electrons. The average molecular weight is 456 g/mol. The maximum atomic E-state index is 12.0. The van der Waals surface area contributed by atoms with E-state index < -0.39 is 12.0 Å². The minimum absolute atomic E-state index is 0.198. The van der Waals surface area contributed by atoms with Crippen LogP contribution in [-0.2, 0) is 16.0 Å². The summed E-state index contributed by atoms with van der Waals surface area (Å²) in [5.74, 6) is 0.368. The fourth-order valence-corrected chi connectivity index (χ4v) is 2.88. The summed E-state index contributed by atoms with van der Waals surface area (Å²) in [6.45, 7) is 1.60. The lowest BCUT2D eigenvalue weighted by Gasteiger charge is -2.15. The van der Waals surface area contributed by atoms with Crippen molar-refractivity contribution in [3.05, 3.63) is 57.5 Å². The zero-order valence-electron chi connectivity index (χ0n) is 14.9. The third-order valence-corrected chi connectivity index (χ3v) is 4.45. The fourth-order valence-electron chi connectivity index (χ4n) is 2.22. The maximum Gasteiger partial charge on any atom is 0.279 e. The van der Waals surface area contributed by atoms with E-state index in [0.29, 0.717) is 22.9 Å². The Labute approximate surface area is 171 Å². The molecular weight excluding hydrogens is 436 g/mol. The zero-order valence-corrected chi connectivity index (χ0v) is 17.3. The Kier molecular flexibility index (Phi) is 7.94. The van der Waals surface area contributed by atoms with Crippen LogP contribution >= 0.6 is 27.5 Å². The molecule has 0 radical (unpaired) electrons. The zero-order chi connectivity index (χ0) is 19.8. The molecule has 2 N–H and O–H groups in total. The Morgan fingerprint density at radius 1 is 1.19 bits per heavy atom. The van der Waals surface area contributed by atoms with Crippen LogP contribution in [0.4, 0.5) is 0 Å². The highest BCUT2D eigenvalue weighted by atomic mass is 79.9. The third kappa shape index (κ3) is 6.77. The van der Waals surface area contributed by atoms with E-state index in [-0.39, 0.29) is 12.3 Å². The largest absolute Gasteiger partial charge is 0.495 e. The monoisotopic (exact) mass is 454 g/mol. The van der Waals surface area contributed by atoms with Gasteiger partial charge in [0.15, 0.2) is 6.10 Å². The molecule has 1 unspecified atom stereocenters. The van der Waals surface area contributed by atoms with E-state index >= 15 is 0 Å². The molecule has 0 aromatic heterocycles. The molecule has 2 aromatic carbocycles. The number of carbonyl (C=O) groups excluding carboxylic acids is 2. The molecule has 0 saturated heterocycles. The SMILES string of the molecule is COc1ccc(CCC(=O)NNC(=O)C(C)Oc2cccc(Br)c2)cc1Cl. The number of hydrogen-bond acceptors (Lipinski definition) is 4. The number of hydrogen-bond donors (Lipinski definition) is 2.